The minimum Gasteiger partial charge on any atom is -0.462 e. The van der Waals surface area contributed by atoms with Crippen molar-refractivity contribution in [2.75, 3.05) is 6.61 Å². The van der Waals surface area contributed by atoms with Crippen molar-refractivity contribution in [1.82, 2.24) is 0 Å². The molecule has 4 heteroatoms. The van der Waals surface area contributed by atoms with Crippen molar-refractivity contribution in [2.45, 2.75) is 70.9 Å². The molecule has 6 atom stereocenters. The van der Waals surface area contributed by atoms with E-state index in [1.54, 1.807) is 0 Å². The van der Waals surface area contributed by atoms with Crippen LogP contribution in [0.4, 0.5) is 0 Å². The van der Waals surface area contributed by atoms with Crippen molar-refractivity contribution in [3.05, 3.63) is 11.6 Å². The summed E-state index contributed by atoms with van der Waals surface area (Å²) < 4.78 is 18.1. The lowest BCUT2D eigenvalue weighted by atomic mass is 9.52. The maximum Gasteiger partial charge on any atom is 0.302 e. The number of hydrogen-bond acceptors (Lipinski definition) is 4. The molecule has 21 heavy (non-hydrogen) atoms. The van der Waals surface area contributed by atoms with Gasteiger partial charge in [-0.1, -0.05) is 25.5 Å². The SMILES string of the molecule is CC(=O)O[C@@H]1CC2O[C@@H]3C=C(C)CC[C@]3(C)[C@]1(C)C21CO1. The molecule has 4 nitrogen and oxygen atoms in total. The Morgan fingerprint density at radius 2 is 2.14 bits per heavy atom. The largest absolute Gasteiger partial charge is 0.462 e. The van der Waals surface area contributed by atoms with Crippen LogP contribution in [0, 0.1) is 10.8 Å². The van der Waals surface area contributed by atoms with E-state index in [1.807, 2.05) is 0 Å². The Hall–Kier alpha value is -0.870. The summed E-state index contributed by atoms with van der Waals surface area (Å²) in [6.45, 7) is 8.96. The third-order valence-corrected chi connectivity index (χ3v) is 6.83. The van der Waals surface area contributed by atoms with Crippen LogP contribution >= 0.6 is 0 Å². The van der Waals surface area contributed by atoms with E-state index >= 15 is 0 Å². The van der Waals surface area contributed by atoms with E-state index in [9.17, 15) is 4.79 Å². The molecule has 0 aromatic heterocycles. The lowest BCUT2D eigenvalue weighted by Gasteiger charge is -2.57. The van der Waals surface area contributed by atoms with Crippen molar-refractivity contribution in [1.29, 1.82) is 0 Å². The number of hydrogen-bond donors (Lipinski definition) is 0. The number of epoxide rings is 1. The van der Waals surface area contributed by atoms with E-state index in [2.05, 4.69) is 26.8 Å². The van der Waals surface area contributed by atoms with Gasteiger partial charge in [-0.2, -0.15) is 0 Å². The minimum absolute atomic E-state index is 0.0455. The lowest BCUT2D eigenvalue weighted by Crippen LogP contribution is -2.63. The first-order valence-electron chi connectivity index (χ1n) is 7.97. The van der Waals surface area contributed by atoms with Crippen molar-refractivity contribution < 1.29 is 19.0 Å². The molecule has 2 unspecified atom stereocenters. The van der Waals surface area contributed by atoms with E-state index < -0.39 is 0 Å². The van der Waals surface area contributed by atoms with Crippen LogP contribution < -0.4 is 0 Å². The van der Waals surface area contributed by atoms with Crippen LogP contribution in [-0.2, 0) is 19.0 Å². The van der Waals surface area contributed by atoms with Gasteiger partial charge in [0.05, 0.1) is 18.8 Å². The number of allylic oxidation sites excluding steroid dienone is 1. The standard InChI is InChI=1S/C17H24O4/c1-10-5-6-15(3)12(7-10)21-14-8-13(20-11(2)18)16(15,4)17(14)9-19-17/h7,12-14H,5-6,8-9H2,1-4H3/t12-,13-,14?,15+,16-,17?/m1/s1. The van der Waals surface area contributed by atoms with Gasteiger partial charge >= 0.3 is 5.97 Å². The number of rotatable bonds is 1. The fourth-order valence-electron chi connectivity index (χ4n) is 5.22. The fraction of sp³-hybridized carbons (Fsp3) is 0.824. The third-order valence-electron chi connectivity index (χ3n) is 6.83. The van der Waals surface area contributed by atoms with Crippen molar-refractivity contribution in [3.63, 3.8) is 0 Å². The first kappa shape index (κ1) is 13.8. The molecule has 0 amide bonds. The lowest BCUT2D eigenvalue weighted by molar-refractivity contribution is -0.210. The highest BCUT2D eigenvalue weighted by atomic mass is 16.6. The van der Waals surface area contributed by atoms with Gasteiger partial charge in [0.15, 0.2) is 0 Å². The maximum atomic E-state index is 11.6. The van der Waals surface area contributed by atoms with Crippen LogP contribution in [0.2, 0.25) is 0 Å². The van der Waals surface area contributed by atoms with E-state index in [0.29, 0.717) is 0 Å². The van der Waals surface area contributed by atoms with Gasteiger partial charge in [0.25, 0.3) is 0 Å². The number of ether oxygens (including phenoxy) is 3. The average Bonchev–Trinajstić information content (AvgIpc) is 3.16. The summed E-state index contributed by atoms with van der Waals surface area (Å²) >= 11 is 0. The Morgan fingerprint density at radius 3 is 2.76 bits per heavy atom. The molecule has 0 aromatic rings. The number of carbonyl (C=O) groups is 1. The average molecular weight is 292 g/mol. The van der Waals surface area contributed by atoms with E-state index in [4.69, 9.17) is 14.2 Å². The molecule has 3 fully saturated rings. The van der Waals surface area contributed by atoms with E-state index in [1.165, 1.54) is 12.5 Å². The molecular formula is C17H24O4. The molecule has 116 valence electrons. The Labute approximate surface area is 125 Å². The van der Waals surface area contributed by atoms with Gasteiger partial charge < -0.3 is 14.2 Å². The molecule has 2 heterocycles. The van der Waals surface area contributed by atoms with E-state index in [0.717, 1.165) is 25.9 Å². The molecule has 1 saturated carbocycles. The van der Waals surface area contributed by atoms with E-state index in [-0.39, 0.29) is 40.7 Å². The number of carbonyl (C=O) groups excluding carboxylic acids is 1. The van der Waals surface area contributed by atoms with Crippen molar-refractivity contribution >= 4 is 5.97 Å². The van der Waals surface area contributed by atoms with Crippen LogP contribution in [0.5, 0.6) is 0 Å². The third kappa shape index (κ3) is 1.45. The number of fused-ring (bicyclic) bond motifs is 2. The zero-order valence-electron chi connectivity index (χ0n) is 13.3. The minimum atomic E-state index is -0.239. The smallest absolute Gasteiger partial charge is 0.302 e. The summed E-state index contributed by atoms with van der Waals surface area (Å²) in [6.07, 6.45) is 5.23. The number of esters is 1. The van der Waals surface area contributed by atoms with Crippen LogP contribution in [0.15, 0.2) is 11.6 Å². The zero-order valence-corrected chi connectivity index (χ0v) is 13.3. The summed E-state index contributed by atoms with van der Waals surface area (Å²) in [5, 5.41) is 0. The molecule has 2 saturated heterocycles. The molecule has 0 radical (unpaired) electrons. The highest BCUT2D eigenvalue weighted by molar-refractivity contribution is 5.66. The molecule has 2 aliphatic heterocycles. The van der Waals surface area contributed by atoms with Crippen molar-refractivity contribution in [3.8, 4) is 0 Å². The van der Waals surface area contributed by atoms with Crippen LogP contribution in [-0.4, -0.2) is 36.5 Å². The molecule has 0 N–H and O–H groups in total. The summed E-state index contributed by atoms with van der Waals surface area (Å²) in [5.74, 6) is -0.202. The van der Waals surface area contributed by atoms with Gasteiger partial charge in [0, 0.05) is 24.2 Å². The highest BCUT2D eigenvalue weighted by Crippen LogP contribution is 2.71. The molecular weight excluding hydrogens is 268 g/mol. The molecule has 4 rings (SSSR count). The van der Waals surface area contributed by atoms with Crippen LogP contribution in [0.25, 0.3) is 0 Å². The maximum absolute atomic E-state index is 11.6. The van der Waals surface area contributed by atoms with Crippen LogP contribution in [0.3, 0.4) is 0 Å². The van der Waals surface area contributed by atoms with Gasteiger partial charge in [-0.25, -0.2) is 0 Å². The van der Waals surface area contributed by atoms with Gasteiger partial charge in [0.1, 0.15) is 11.7 Å². The Morgan fingerprint density at radius 1 is 1.43 bits per heavy atom. The summed E-state index contributed by atoms with van der Waals surface area (Å²) in [6, 6.07) is 0. The molecule has 0 aromatic carbocycles. The fourth-order valence-corrected chi connectivity index (χ4v) is 5.22. The molecule has 2 aliphatic carbocycles. The second-order valence-electron chi connectivity index (χ2n) is 7.69. The highest BCUT2D eigenvalue weighted by Gasteiger charge is 2.81. The van der Waals surface area contributed by atoms with Gasteiger partial charge in [-0.15, -0.1) is 0 Å². The Balaban J connectivity index is 1.82. The first-order valence-corrected chi connectivity index (χ1v) is 7.97. The topological polar surface area (TPSA) is 48.1 Å². The van der Waals surface area contributed by atoms with Crippen LogP contribution in [0.1, 0.15) is 47.0 Å². The Kier molecular flexibility index (Phi) is 2.56. The molecule has 1 spiro atoms. The Bertz CT molecular complexity index is 535. The first-order chi connectivity index (χ1) is 9.83. The second kappa shape index (κ2) is 3.90. The predicted molar refractivity (Wildman–Crippen MR) is 76.7 cm³/mol. The van der Waals surface area contributed by atoms with Gasteiger partial charge in [-0.05, 0) is 19.8 Å². The monoisotopic (exact) mass is 292 g/mol. The quantitative estimate of drug-likeness (QED) is 0.423. The van der Waals surface area contributed by atoms with Gasteiger partial charge in [0.2, 0.25) is 0 Å². The normalized spacial score (nSPS) is 54.1. The van der Waals surface area contributed by atoms with Crippen molar-refractivity contribution in [2.24, 2.45) is 10.8 Å². The summed E-state index contributed by atoms with van der Waals surface area (Å²) in [4.78, 5) is 11.6. The molecule has 4 aliphatic rings. The summed E-state index contributed by atoms with van der Waals surface area (Å²) in [5.41, 5.74) is 0.946. The second-order valence-corrected chi connectivity index (χ2v) is 7.69. The molecule has 2 bridgehead atoms. The zero-order chi connectivity index (χ0) is 15.0. The predicted octanol–water partition coefficient (Wildman–Crippen LogP) is 2.61. The summed E-state index contributed by atoms with van der Waals surface area (Å²) in [7, 11) is 0. The van der Waals surface area contributed by atoms with Gasteiger partial charge in [-0.3, -0.25) is 4.79 Å².